The van der Waals surface area contributed by atoms with Crippen molar-refractivity contribution in [1.82, 2.24) is 10.2 Å². The van der Waals surface area contributed by atoms with Crippen LogP contribution in [0.2, 0.25) is 0 Å². The van der Waals surface area contributed by atoms with Crippen LogP contribution >= 0.6 is 12.4 Å². The molecule has 1 amide bonds. The first-order valence-electron chi connectivity index (χ1n) is 8.49. The summed E-state index contributed by atoms with van der Waals surface area (Å²) in [5.41, 5.74) is 1.84. The minimum Gasteiger partial charge on any atom is -0.489 e. The molecule has 2 aromatic rings. The second-order valence-corrected chi connectivity index (χ2v) is 6.20. The molecule has 0 spiro atoms. The first kappa shape index (κ1) is 19.3. The van der Waals surface area contributed by atoms with E-state index in [0.717, 1.165) is 37.2 Å². The standard InChI is InChI=1S/C20H24N2O2.ClH/c1-22(18-11-13-21-14-12-18)20(23)17-7-9-19(10-8-17)24-15-16-5-3-2-4-6-16;/h2-10,18,21H,11-15H2,1H3;1H. The van der Waals surface area contributed by atoms with Gasteiger partial charge in [-0.1, -0.05) is 30.3 Å². The van der Waals surface area contributed by atoms with Gasteiger partial charge in [0.2, 0.25) is 0 Å². The lowest BCUT2D eigenvalue weighted by atomic mass is 10.0. The van der Waals surface area contributed by atoms with Crippen molar-refractivity contribution in [3.8, 4) is 5.75 Å². The Hall–Kier alpha value is -2.04. The molecule has 0 atom stereocenters. The molecule has 1 aliphatic heterocycles. The van der Waals surface area contributed by atoms with Crippen molar-refractivity contribution >= 4 is 18.3 Å². The van der Waals surface area contributed by atoms with Gasteiger partial charge < -0.3 is 15.0 Å². The maximum atomic E-state index is 12.6. The average Bonchev–Trinajstić information content (AvgIpc) is 2.67. The predicted octanol–water partition coefficient (Wildman–Crippen LogP) is 3.51. The number of hydrogen-bond donors (Lipinski definition) is 1. The number of amides is 1. The van der Waals surface area contributed by atoms with Crippen LogP contribution in [0.3, 0.4) is 0 Å². The minimum atomic E-state index is 0. The molecule has 5 heteroatoms. The third-order valence-electron chi connectivity index (χ3n) is 4.53. The highest BCUT2D eigenvalue weighted by Gasteiger charge is 2.22. The molecule has 25 heavy (non-hydrogen) atoms. The molecule has 2 aromatic carbocycles. The van der Waals surface area contributed by atoms with Crippen LogP contribution in [0.4, 0.5) is 0 Å². The quantitative estimate of drug-likeness (QED) is 0.887. The van der Waals surface area contributed by atoms with E-state index in [2.05, 4.69) is 5.32 Å². The third-order valence-corrected chi connectivity index (χ3v) is 4.53. The lowest BCUT2D eigenvalue weighted by Gasteiger charge is -2.31. The van der Waals surface area contributed by atoms with E-state index in [-0.39, 0.29) is 18.3 Å². The van der Waals surface area contributed by atoms with Crippen LogP contribution in [0.15, 0.2) is 54.6 Å². The molecule has 3 rings (SSSR count). The molecule has 4 nitrogen and oxygen atoms in total. The van der Waals surface area contributed by atoms with Gasteiger partial charge in [0.25, 0.3) is 5.91 Å². The number of piperidine rings is 1. The van der Waals surface area contributed by atoms with Crippen LogP contribution in [0.1, 0.15) is 28.8 Å². The van der Waals surface area contributed by atoms with E-state index in [1.165, 1.54) is 0 Å². The number of ether oxygens (including phenoxy) is 1. The summed E-state index contributed by atoms with van der Waals surface area (Å²) in [6, 6.07) is 17.8. The van der Waals surface area contributed by atoms with E-state index in [1.54, 1.807) is 0 Å². The molecule has 134 valence electrons. The normalized spacial score (nSPS) is 14.4. The number of hydrogen-bond acceptors (Lipinski definition) is 3. The number of benzene rings is 2. The van der Waals surface area contributed by atoms with Gasteiger partial charge in [-0.2, -0.15) is 0 Å². The number of carbonyl (C=O) groups excluding carboxylic acids is 1. The monoisotopic (exact) mass is 360 g/mol. The van der Waals surface area contributed by atoms with Gasteiger partial charge in [-0.15, -0.1) is 12.4 Å². The van der Waals surface area contributed by atoms with Gasteiger partial charge in [-0.25, -0.2) is 0 Å². The molecule has 0 saturated carbocycles. The summed E-state index contributed by atoms with van der Waals surface area (Å²) in [4.78, 5) is 14.5. The maximum absolute atomic E-state index is 12.6. The Morgan fingerprint density at radius 2 is 1.72 bits per heavy atom. The van der Waals surface area contributed by atoms with E-state index in [1.807, 2.05) is 66.5 Å². The highest BCUT2D eigenvalue weighted by molar-refractivity contribution is 5.94. The van der Waals surface area contributed by atoms with Gasteiger partial charge in [-0.05, 0) is 55.8 Å². The molecule has 1 fully saturated rings. The third kappa shape index (κ3) is 5.21. The van der Waals surface area contributed by atoms with Crippen LogP contribution in [0, 0.1) is 0 Å². The SMILES string of the molecule is CN(C(=O)c1ccc(OCc2ccccc2)cc1)C1CCNCC1.Cl. The summed E-state index contributed by atoms with van der Waals surface area (Å²) >= 11 is 0. The Morgan fingerprint density at radius 1 is 1.08 bits per heavy atom. The maximum Gasteiger partial charge on any atom is 0.253 e. The molecule has 0 radical (unpaired) electrons. The number of carbonyl (C=O) groups is 1. The van der Waals surface area contributed by atoms with E-state index < -0.39 is 0 Å². The zero-order valence-electron chi connectivity index (χ0n) is 14.5. The van der Waals surface area contributed by atoms with Gasteiger partial charge in [0, 0.05) is 18.7 Å². The number of halogens is 1. The molecular weight excluding hydrogens is 336 g/mol. The van der Waals surface area contributed by atoms with Crippen molar-refractivity contribution in [1.29, 1.82) is 0 Å². The molecule has 0 aromatic heterocycles. The predicted molar refractivity (Wildman–Crippen MR) is 102 cm³/mol. The van der Waals surface area contributed by atoms with E-state index >= 15 is 0 Å². The van der Waals surface area contributed by atoms with Gasteiger partial charge in [0.05, 0.1) is 0 Å². The highest BCUT2D eigenvalue weighted by Crippen LogP contribution is 2.18. The molecule has 1 saturated heterocycles. The van der Waals surface area contributed by atoms with Crippen LogP contribution in [0.25, 0.3) is 0 Å². The van der Waals surface area contributed by atoms with Gasteiger partial charge >= 0.3 is 0 Å². The Morgan fingerprint density at radius 3 is 2.36 bits per heavy atom. The molecule has 1 N–H and O–H groups in total. The van der Waals surface area contributed by atoms with Crippen LogP contribution in [-0.2, 0) is 6.61 Å². The molecule has 1 heterocycles. The lowest BCUT2D eigenvalue weighted by Crippen LogP contribution is -2.43. The number of nitrogens with one attached hydrogen (secondary N) is 1. The van der Waals surface area contributed by atoms with Gasteiger partial charge in [0.1, 0.15) is 12.4 Å². The highest BCUT2D eigenvalue weighted by atomic mass is 35.5. The molecular formula is C20H25ClN2O2. The molecule has 0 aliphatic carbocycles. The fraction of sp³-hybridized carbons (Fsp3) is 0.350. The van der Waals surface area contributed by atoms with Crippen molar-refractivity contribution in [2.24, 2.45) is 0 Å². The average molecular weight is 361 g/mol. The van der Waals surface area contributed by atoms with Crippen molar-refractivity contribution in [3.63, 3.8) is 0 Å². The van der Waals surface area contributed by atoms with Gasteiger partial charge in [-0.3, -0.25) is 4.79 Å². The Balaban J connectivity index is 0.00000225. The fourth-order valence-corrected chi connectivity index (χ4v) is 3.00. The molecule has 0 bridgehead atoms. The zero-order chi connectivity index (χ0) is 16.8. The summed E-state index contributed by atoms with van der Waals surface area (Å²) in [7, 11) is 1.90. The van der Waals surface area contributed by atoms with Crippen LogP contribution in [-0.4, -0.2) is 37.0 Å². The fourth-order valence-electron chi connectivity index (χ4n) is 3.00. The second-order valence-electron chi connectivity index (χ2n) is 6.20. The van der Waals surface area contributed by atoms with Crippen molar-refractivity contribution in [2.75, 3.05) is 20.1 Å². The number of rotatable bonds is 5. The molecule has 1 aliphatic rings. The summed E-state index contributed by atoms with van der Waals surface area (Å²) < 4.78 is 5.77. The van der Waals surface area contributed by atoms with Crippen molar-refractivity contribution < 1.29 is 9.53 Å². The first-order valence-corrected chi connectivity index (χ1v) is 8.49. The smallest absolute Gasteiger partial charge is 0.253 e. The minimum absolute atomic E-state index is 0. The second kappa shape index (κ2) is 9.44. The Labute approximate surface area is 155 Å². The van der Waals surface area contributed by atoms with E-state index in [4.69, 9.17) is 4.74 Å². The zero-order valence-corrected chi connectivity index (χ0v) is 15.3. The first-order chi connectivity index (χ1) is 11.7. The topological polar surface area (TPSA) is 41.6 Å². The van der Waals surface area contributed by atoms with E-state index in [9.17, 15) is 4.79 Å². The Bertz CT molecular complexity index is 655. The summed E-state index contributed by atoms with van der Waals surface area (Å²) in [6.07, 6.45) is 2.03. The van der Waals surface area contributed by atoms with Crippen molar-refractivity contribution in [3.05, 3.63) is 65.7 Å². The van der Waals surface area contributed by atoms with Crippen LogP contribution in [0.5, 0.6) is 5.75 Å². The molecule has 0 unspecified atom stereocenters. The summed E-state index contributed by atoms with van der Waals surface area (Å²) in [5, 5.41) is 3.33. The Kier molecular flexibility index (Phi) is 7.29. The van der Waals surface area contributed by atoms with Crippen LogP contribution < -0.4 is 10.1 Å². The van der Waals surface area contributed by atoms with Gasteiger partial charge in [0.15, 0.2) is 0 Å². The summed E-state index contributed by atoms with van der Waals surface area (Å²) in [5.74, 6) is 0.858. The largest absolute Gasteiger partial charge is 0.489 e. The van der Waals surface area contributed by atoms with Crippen molar-refractivity contribution in [2.45, 2.75) is 25.5 Å². The lowest BCUT2D eigenvalue weighted by molar-refractivity contribution is 0.0703. The summed E-state index contributed by atoms with van der Waals surface area (Å²) in [6.45, 7) is 2.49. The number of nitrogens with zero attached hydrogens (tertiary/aromatic N) is 1. The van der Waals surface area contributed by atoms with E-state index in [0.29, 0.717) is 18.2 Å².